The fraction of sp³-hybridized carbons (Fsp3) is 0.409. The second kappa shape index (κ2) is 10.5. The summed E-state index contributed by atoms with van der Waals surface area (Å²) in [7, 11) is 0. The molecule has 0 amide bonds. The van der Waals surface area contributed by atoms with Gasteiger partial charge < -0.3 is 19.3 Å². The maximum absolute atomic E-state index is 14.3. The number of hydrogen-bond donors (Lipinski definition) is 1. The SMILES string of the molecule is CCOC(=O)C(CC)CCOc1ccc(Oc2ccc(CC)cc2O)c(F)c1. The lowest BCUT2D eigenvalue weighted by Gasteiger charge is -2.14. The van der Waals surface area contributed by atoms with Crippen LogP contribution in [0.15, 0.2) is 36.4 Å². The zero-order chi connectivity index (χ0) is 20.5. The average Bonchev–Trinajstić information content (AvgIpc) is 2.68. The van der Waals surface area contributed by atoms with E-state index in [1.165, 1.54) is 12.1 Å². The summed E-state index contributed by atoms with van der Waals surface area (Å²) in [5.41, 5.74) is 0.960. The van der Waals surface area contributed by atoms with E-state index in [0.29, 0.717) is 25.2 Å². The van der Waals surface area contributed by atoms with Crippen LogP contribution in [0.3, 0.4) is 0 Å². The first-order chi connectivity index (χ1) is 13.5. The summed E-state index contributed by atoms with van der Waals surface area (Å²) in [5.74, 6) is -0.597. The van der Waals surface area contributed by atoms with E-state index in [2.05, 4.69) is 0 Å². The molecule has 0 aliphatic heterocycles. The van der Waals surface area contributed by atoms with Crippen LogP contribution >= 0.6 is 0 Å². The van der Waals surface area contributed by atoms with Crippen molar-refractivity contribution in [1.29, 1.82) is 0 Å². The van der Waals surface area contributed by atoms with E-state index in [1.807, 2.05) is 19.9 Å². The minimum atomic E-state index is -0.603. The van der Waals surface area contributed by atoms with Crippen LogP contribution in [-0.2, 0) is 16.0 Å². The molecule has 152 valence electrons. The third kappa shape index (κ3) is 5.87. The fourth-order valence-corrected chi connectivity index (χ4v) is 2.71. The number of hydrogen-bond acceptors (Lipinski definition) is 5. The van der Waals surface area contributed by atoms with Crippen molar-refractivity contribution in [2.24, 2.45) is 5.92 Å². The van der Waals surface area contributed by atoms with Crippen molar-refractivity contribution in [3.63, 3.8) is 0 Å². The van der Waals surface area contributed by atoms with Gasteiger partial charge in [0.2, 0.25) is 0 Å². The number of halogens is 1. The molecule has 2 aromatic rings. The van der Waals surface area contributed by atoms with Crippen LogP contribution in [0.4, 0.5) is 4.39 Å². The lowest BCUT2D eigenvalue weighted by molar-refractivity contribution is -0.148. The van der Waals surface area contributed by atoms with Crippen molar-refractivity contribution in [1.82, 2.24) is 0 Å². The number of benzene rings is 2. The van der Waals surface area contributed by atoms with E-state index >= 15 is 0 Å². The molecule has 1 N–H and O–H groups in total. The maximum atomic E-state index is 14.3. The first-order valence-corrected chi connectivity index (χ1v) is 9.57. The number of carbonyl (C=O) groups is 1. The van der Waals surface area contributed by atoms with Gasteiger partial charge in [-0.15, -0.1) is 0 Å². The number of ether oxygens (including phenoxy) is 3. The number of aromatic hydroxyl groups is 1. The van der Waals surface area contributed by atoms with Crippen LogP contribution in [0.5, 0.6) is 23.0 Å². The van der Waals surface area contributed by atoms with Gasteiger partial charge in [0, 0.05) is 6.07 Å². The minimum Gasteiger partial charge on any atom is -0.504 e. The van der Waals surface area contributed by atoms with E-state index in [9.17, 15) is 14.3 Å². The monoisotopic (exact) mass is 390 g/mol. The van der Waals surface area contributed by atoms with Crippen LogP contribution < -0.4 is 9.47 Å². The highest BCUT2D eigenvalue weighted by molar-refractivity contribution is 5.72. The minimum absolute atomic E-state index is 0.00939. The molecular formula is C22H27FO5. The highest BCUT2D eigenvalue weighted by atomic mass is 19.1. The molecule has 0 saturated carbocycles. The number of aryl methyl sites for hydroxylation is 1. The molecule has 1 unspecified atom stereocenters. The quantitative estimate of drug-likeness (QED) is 0.562. The van der Waals surface area contributed by atoms with Crippen molar-refractivity contribution >= 4 is 5.97 Å². The summed E-state index contributed by atoms with van der Waals surface area (Å²) in [6.07, 6.45) is 1.93. The Balaban J connectivity index is 1.95. The molecule has 0 spiro atoms. The summed E-state index contributed by atoms with van der Waals surface area (Å²) in [4.78, 5) is 11.8. The molecule has 0 aliphatic carbocycles. The normalized spacial score (nSPS) is 11.7. The van der Waals surface area contributed by atoms with Gasteiger partial charge in [-0.2, -0.15) is 0 Å². The van der Waals surface area contributed by atoms with E-state index in [1.54, 1.807) is 25.1 Å². The Hall–Kier alpha value is -2.76. The Morgan fingerprint density at radius 1 is 1.11 bits per heavy atom. The third-order valence-corrected chi connectivity index (χ3v) is 4.40. The van der Waals surface area contributed by atoms with Crippen LogP contribution in [0.25, 0.3) is 0 Å². The summed E-state index contributed by atoms with van der Waals surface area (Å²) in [6, 6.07) is 9.27. The molecule has 0 radical (unpaired) electrons. The zero-order valence-corrected chi connectivity index (χ0v) is 16.5. The average molecular weight is 390 g/mol. The number of rotatable bonds is 10. The highest BCUT2D eigenvalue weighted by Crippen LogP contribution is 2.34. The highest BCUT2D eigenvalue weighted by Gasteiger charge is 2.17. The van der Waals surface area contributed by atoms with Gasteiger partial charge in [0.1, 0.15) is 5.75 Å². The van der Waals surface area contributed by atoms with E-state index in [4.69, 9.17) is 14.2 Å². The van der Waals surface area contributed by atoms with Crippen molar-refractivity contribution in [2.75, 3.05) is 13.2 Å². The predicted octanol–water partition coefficient (Wildman–Crippen LogP) is 5.24. The molecule has 0 saturated heterocycles. The summed E-state index contributed by atoms with van der Waals surface area (Å²) < 4.78 is 30.4. The molecule has 0 heterocycles. The first kappa shape index (κ1) is 21.5. The summed E-state index contributed by atoms with van der Waals surface area (Å²) in [5, 5.41) is 9.99. The smallest absolute Gasteiger partial charge is 0.309 e. The van der Waals surface area contributed by atoms with Gasteiger partial charge in [-0.05, 0) is 56.0 Å². The van der Waals surface area contributed by atoms with Gasteiger partial charge in [0.05, 0.1) is 19.1 Å². The molecule has 0 aromatic heterocycles. The van der Waals surface area contributed by atoms with Crippen molar-refractivity contribution in [3.05, 3.63) is 47.8 Å². The predicted molar refractivity (Wildman–Crippen MR) is 104 cm³/mol. The molecule has 1 atom stereocenters. The second-order valence-electron chi connectivity index (χ2n) is 6.34. The van der Waals surface area contributed by atoms with Crippen LogP contribution in [0.2, 0.25) is 0 Å². The van der Waals surface area contributed by atoms with E-state index < -0.39 is 5.82 Å². The zero-order valence-electron chi connectivity index (χ0n) is 16.5. The number of carbonyl (C=O) groups excluding carboxylic acids is 1. The largest absolute Gasteiger partial charge is 0.504 e. The molecule has 28 heavy (non-hydrogen) atoms. The van der Waals surface area contributed by atoms with Crippen molar-refractivity contribution in [2.45, 2.75) is 40.0 Å². The van der Waals surface area contributed by atoms with E-state index in [-0.39, 0.29) is 35.7 Å². The Morgan fingerprint density at radius 2 is 1.86 bits per heavy atom. The Morgan fingerprint density at radius 3 is 2.46 bits per heavy atom. The number of phenolic OH excluding ortho intramolecular Hbond substituents is 1. The molecule has 2 rings (SSSR count). The Labute approximate surface area is 165 Å². The number of esters is 1. The van der Waals surface area contributed by atoms with Gasteiger partial charge in [0.15, 0.2) is 23.1 Å². The van der Waals surface area contributed by atoms with Gasteiger partial charge in [-0.3, -0.25) is 4.79 Å². The van der Waals surface area contributed by atoms with E-state index in [0.717, 1.165) is 12.0 Å². The molecule has 6 heteroatoms. The fourth-order valence-electron chi connectivity index (χ4n) is 2.71. The Kier molecular flexibility index (Phi) is 8.11. The van der Waals surface area contributed by atoms with Crippen molar-refractivity contribution in [3.8, 4) is 23.0 Å². The lowest BCUT2D eigenvalue weighted by atomic mass is 10.0. The summed E-state index contributed by atoms with van der Waals surface area (Å²) >= 11 is 0. The standard InChI is InChI=1S/C22H27FO5/c1-4-15-7-9-21(19(24)13-15)28-20-10-8-17(14-18(20)23)27-12-11-16(5-2)22(25)26-6-3/h7-10,13-14,16,24H,4-6,11-12H2,1-3H3. The third-order valence-electron chi connectivity index (χ3n) is 4.40. The topological polar surface area (TPSA) is 65.0 Å². The van der Waals surface area contributed by atoms with Gasteiger partial charge in [-0.25, -0.2) is 4.39 Å². The molecule has 0 aliphatic rings. The Bertz CT molecular complexity index is 790. The molecular weight excluding hydrogens is 363 g/mol. The van der Waals surface area contributed by atoms with Gasteiger partial charge in [0.25, 0.3) is 0 Å². The summed E-state index contributed by atoms with van der Waals surface area (Å²) in [6.45, 7) is 6.28. The second-order valence-corrected chi connectivity index (χ2v) is 6.34. The van der Waals surface area contributed by atoms with Crippen LogP contribution in [0.1, 0.15) is 39.2 Å². The van der Waals surface area contributed by atoms with Gasteiger partial charge in [-0.1, -0.05) is 19.9 Å². The van der Waals surface area contributed by atoms with Gasteiger partial charge >= 0.3 is 5.97 Å². The molecule has 2 aromatic carbocycles. The number of phenols is 1. The molecule has 0 bridgehead atoms. The lowest BCUT2D eigenvalue weighted by Crippen LogP contribution is -2.19. The van der Waals surface area contributed by atoms with Crippen LogP contribution in [-0.4, -0.2) is 24.3 Å². The molecule has 0 fully saturated rings. The first-order valence-electron chi connectivity index (χ1n) is 9.57. The molecule has 5 nitrogen and oxygen atoms in total. The van der Waals surface area contributed by atoms with Crippen molar-refractivity contribution < 1.29 is 28.5 Å². The maximum Gasteiger partial charge on any atom is 0.309 e. The van der Waals surface area contributed by atoms with Crippen LogP contribution in [0, 0.1) is 11.7 Å².